The van der Waals surface area contributed by atoms with Crippen molar-refractivity contribution < 1.29 is 48.9 Å². The van der Waals surface area contributed by atoms with Crippen molar-refractivity contribution in [1.29, 1.82) is 0 Å². The van der Waals surface area contributed by atoms with E-state index in [1.807, 2.05) is 0 Å². The van der Waals surface area contributed by atoms with Crippen LogP contribution in [0.25, 0.3) is 0 Å². The minimum Gasteiger partial charge on any atom is -0.481 e. The van der Waals surface area contributed by atoms with Gasteiger partial charge in [-0.15, -0.1) is 0 Å². The predicted molar refractivity (Wildman–Crippen MR) is 118 cm³/mol. The zero-order valence-electron chi connectivity index (χ0n) is 19.5. The molecule has 0 fully saturated rings. The second kappa shape index (κ2) is 15.2. The molecule has 0 saturated carbocycles. The molecular weight excluding hydrogens is 470 g/mol. The van der Waals surface area contributed by atoms with Gasteiger partial charge in [-0.3, -0.25) is 28.8 Å². The second-order valence-electron chi connectivity index (χ2n) is 8.29. The van der Waals surface area contributed by atoms with E-state index in [0.29, 0.717) is 0 Å². The fraction of sp³-hybridized carbons (Fsp3) is 0.650. The maximum absolute atomic E-state index is 12.9. The number of amides is 4. The number of hydrogen-bond donors (Lipinski definition) is 8. The molecule has 0 rings (SSSR count). The number of primary amides is 1. The number of aliphatic carboxylic acids is 3. The molecule has 4 amide bonds. The Morgan fingerprint density at radius 2 is 1.20 bits per heavy atom. The van der Waals surface area contributed by atoms with Crippen LogP contribution >= 0.6 is 0 Å². The third kappa shape index (κ3) is 13.5. The molecule has 0 aliphatic rings. The highest BCUT2D eigenvalue weighted by atomic mass is 16.4. The number of hydrogen-bond acceptors (Lipinski definition) is 8. The summed E-state index contributed by atoms with van der Waals surface area (Å²) in [4.78, 5) is 81.9. The Morgan fingerprint density at radius 3 is 1.66 bits per heavy atom. The third-order valence-corrected chi connectivity index (χ3v) is 4.65. The summed E-state index contributed by atoms with van der Waals surface area (Å²) in [6.07, 6.45) is -2.18. The van der Waals surface area contributed by atoms with E-state index in [4.69, 9.17) is 21.7 Å². The number of rotatable bonds is 17. The molecule has 0 bridgehead atoms. The molecule has 0 aromatic heterocycles. The Labute approximate surface area is 201 Å². The quantitative estimate of drug-likeness (QED) is 0.103. The number of carboxylic acid groups (broad SMARTS) is 3. The lowest BCUT2D eigenvalue weighted by Crippen LogP contribution is -2.57. The van der Waals surface area contributed by atoms with Crippen LogP contribution in [-0.2, 0) is 33.6 Å². The van der Waals surface area contributed by atoms with Gasteiger partial charge in [-0.25, -0.2) is 4.79 Å². The Kier molecular flexibility index (Phi) is 13.6. The number of carbonyl (C=O) groups is 7. The third-order valence-electron chi connectivity index (χ3n) is 4.65. The van der Waals surface area contributed by atoms with Crippen molar-refractivity contribution in [1.82, 2.24) is 16.0 Å². The van der Waals surface area contributed by atoms with Gasteiger partial charge < -0.3 is 42.7 Å². The standard InChI is InChI=1S/C20H33N5O10/c1-9(2)7-13(19(33)24-12(20(34)35)4-6-15(27)28)25-18(32)11(3-5-14(22)26)23-17(31)10(21)8-16(29)30/h9-13H,3-8,21H2,1-2H3,(H2,22,26)(H,23,31)(H,24,33)(H,25,32)(H,27,28)(H,29,30)(H,34,35). The van der Waals surface area contributed by atoms with Crippen molar-refractivity contribution in [2.24, 2.45) is 17.4 Å². The van der Waals surface area contributed by atoms with Crippen LogP contribution in [0.15, 0.2) is 0 Å². The van der Waals surface area contributed by atoms with Crippen LogP contribution in [0.4, 0.5) is 0 Å². The molecule has 4 atom stereocenters. The first-order valence-corrected chi connectivity index (χ1v) is 10.7. The predicted octanol–water partition coefficient (Wildman–Crippen LogP) is -2.50. The normalized spacial score (nSPS) is 14.2. The number of carboxylic acids is 3. The zero-order valence-corrected chi connectivity index (χ0v) is 19.5. The van der Waals surface area contributed by atoms with Crippen LogP contribution in [0.1, 0.15) is 52.4 Å². The number of carbonyl (C=O) groups excluding carboxylic acids is 4. The van der Waals surface area contributed by atoms with Gasteiger partial charge >= 0.3 is 17.9 Å². The first-order chi connectivity index (χ1) is 16.1. The molecule has 10 N–H and O–H groups in total. The van der Waals surface area contributed by atoms with Crippen LogP contribution in [0.5, 0.6) is 0 Å². The molecule has 0 aromatic carbocycles. The summed E-state index contributed by atoms with van der Waals surface area (Å²) in [5.41, 5.74) is 10.6. The van der Waals surface area contributed by atoms with Crippen molar-refractivity contribution in [2.45, 2.75) is 76.5 Å². The largest absolute Gasteiger partial charge is 0.481 e. The van der Waals surface area contributed by atoms with Gasteiger partial charge in [0.2, 0.25) is 23.6 Å². The van der Waals surface area contributed by atoms with Crippen molar-refractivity contribution in [3.63, 3.8) is 0 Å². The van der Waals surface area contributed by atoms with Crippen LogP contribution in [0.3, 0.4) is 0 Å². The molecule has 0 heterocycles. The summed E-state index contributed by atoms with van der Waals surface area (Å²) in [5, 5.41) is 33.6. The second-order valence-corrected chi connectivity index (χ2v) is 8.29. The monoisotopic (exact) mass is 503 g/mol. The number of nitrogens with two attached hydrogens (primary N) is 2. The first kappa shape index (κ1) is 31.2. The minimum atomic E-state index is -1.52. The lowest BCUT2D eigenvalue weighted by Gasteiger charge is -2.26. The van der Waals surface area contributed by atoms with E-state index >= 15 is 0 Å². The summed E-state index contributed by atoms with van der Waals surface area (Å²) in [6.45, 7) is 3.45. The van der Waals surface area contributed by atoms with E-state index in [0.717, 1.165) is 0 Å². The zero-order chi connectivity index (χ0) is 27.3. The molecule has 15 heteroatoms. The maximum Gasteiger partial charge on any atom is 0.326 e. The minimum absolute atomic E-state index is 0.0534. The van der Waals surface area contributed by atoms with Crippen LogP contribution in [-0.4, -0.2) is 81.0 Å². The Morgan fingerprint density at radius 1 is 0.714 bits per heavy atom. The summed E-state index contributed by atoms with van der Waals surface area (Å²) in [6, 6.07) is -5.68. The molecule has 0 aliphatic heterocycles. The molecule has 0 saturated heterocycles. The van der Waals surface area contributed by atoms with Crippen LogP contribution < -0.4 is 27.4 Å². The molecule has 198 valence electrons. The van der Waals surface area contributed by atoms with E-state index in [1.54, 1.807) is 13.8 Å². The molecule has 15 nitrogen and oxygen atoms in total. The molecule has 0 radical (unpaired) electrons. The van der Waals surface area contributed by atoms with Crippen molar-refractivity contribution in [3.8, 4) is 0 Å². The van der Waals surface area contributed by atoms with E-state index in [9.17, 15) is 38.7 Å². The highest BCUT2D eigenvalue weighted by molar-refractivity contribution is 5.95. The van der Waals surface area contributed by atoms with E-state index in [-0.39, 0.29) is 25.2 Å². The summed E-state index contributed by atoms with van der Waals surface area (Å²) in [7, 11) is 0. The maximum atomic E-state index is 12.9. The average molecular weight is 504 g/mol. The molecule has 0 aromatic rings. The highest BCUT2D eigenvalue weighted by Gasteiger charge is 2.31. The van der Waals surface area contributed by atoms with E-state index < -0.39 is 85.0 Å². The van der Waals surface area contributed by atoms with Gasteiger partial charge in [-0.1, -0.05) is 13.8 Å². The van der Waals surface area contributed by atoms with Gasteiger partial charge in [0, 0.05) is 12.8 Å². The smallest absolute Gasteiger partial charge is 0.326 e. The van der Waals surface area contributed by atoms with Gasteiger partial charge in [0.1, 0.15) is 18.1 Å². The van der Waals surface area contributed by atoms with Crippen molar-refractivity contribution in [2.75, 3.05) is 0 Å². The Bertz CT molecular complexity index is 816. The van der Waals surface area contributed by atoms with Gasteiger partial charge in [0.05, 0.1) is 12.5 Å². The van der Waals surface area contributed by atoms with Gasteiger partial charge in [-0.05, 0) is 25.2 Å². The highest BCUT2D eigenvalue weighted by Crippen LogP contribution is 2.09. The summed E-state index contributed by atoms with van der Waals surface area (Å²) >= 11 is 0. The Balaban J connectivity index is 5.58. The van der Waals surface area contributed by atoms with Crippen LogP contribution in [0, 0.1) is 5.92 Å². The number of nitrogens with one attached hydrogen (secondary N) is 3. The topological polar surface area (TPSA) is 268 Å². The molecule has 35 heavy (non-hydrogen) atoms. The molecular formula is C20H33N5O10. The summed E-state index contributed by atoms with van der Waals surface area (Å²) in [5.74, 6) is -7.81. The molecule has 4 unspecified atom stereocenters. The van der Waals surface area contributed by atoms with Crippen molar-refractivity contribution in [3.05, 3.63) is 0 Å². The Hall–Kier alpha value is -3.75. The van der Waals surface area contributed by atoms with E-state index in [1.165, 1.54) is 0 Å². The lowest BCUT2D eigenvalue weighted by atomic mass is 10.0. The average Bonchev–Trinajstić information content (AvgIpc) is 2.71. The van der Waals surface area contributed by atoms with Crippen molar-refractivity contribution >= 4 is 41.5 Å². The fourth-order valence-corrected chi connectivity index (χ4v) is 2.89. The van der Waals surface area contributed by atoms with Crippen LogP contribution in [0.2, 0.25) is 0 Å². The lowest BCUT2D eigenvalue weighted by molar-refractivity contribution is -0.143. The molecule has 0 spiro atoms. The first-order valence-electron chi connectivity index (χ1n) is 10.7. The SMILES string of the molecule is CC(C)CC(NC(=O)C(CCC(N)=O)NC(=O)C(N)CC(=O)O)C(=O)NC(CCC(=O)O)C(=O)O. The molecule has 0 aliphatic carbocycles. The van der Waals surface area contributed by atoms with Gasteiger partial charge in [0.15, 0.2) is 0 Å². The van der Waals surface area contributed by atoms with Gasteiger partial charge in [0.25, 0.3) is 0 Å². The van der Waals surface area contributed by atoms with Gasteiger partial charge in [-0.2, -0.15) is 0 Å². The fourth-order valence-electron chi connectivity index (χ4n) is 2.89. The summed E-state index contributed by atoms with van der Waals surface area (Å²) < 4.78 is 0. The van der Waals surface area contributed by atoms with E-state index in [2.05, 4.69) is 16.0 Å².